The van der Waals surface area contributed by atoms with Gasteiger partial charge in [0.2, 0.25) is 0 Å². The van der Waals surface area contributed by atoms with Crippen LogP contribution < -0.4 is 4.90 Å². The highest BCUT2D eigenvalue weighted by molar-refractivity contribution is 7.72. The second-order valence-electron chi connectivity index (χ2n) is 7.29. The third-order valence-electron chi connectivity index (χ3n) is 5.38. The molecule has 4 rings (SSSR count). The van der Waals surface area contributed by atoms with E-state index < -0.39 is 16.0 Å². The molecular weight excluding hydrogens is 441 g/mol. The average molecular weight is 464 g/mol. The third kappa shape index (κ3) is 4.56. The number of rotatable bonds is 6. The number of anilines is 1. The monoisotopic (exact) mass is 463 g/mol. The average Bonchev–Trinajstić information content (AvgIpc) is 3.20. The van der Waals surface area contributed by atoms with E-state index in [9.17, 15) is 22.7 Å². The van der Waals surface area contributed by atoms with Crippen LogP contribution >= 0.6 is 11.3 Å². The van der Waals surface area contributed by atoms with Crippen LogP contribution in [0.15, 0.2) is 42.5 Å². The number of hydrogen-bond acceptors (Lipinski definition) is 7. The Bertz CT molecular complexity index is 1160. The van der Waals surface area contributed by atoms with Crippen LogP contribution in [0.5, 0.6) is 0 Å². The molecule has 0 aliphatic carbocycles. The highest BCUT2D eigenvalue weighted by Gasteiger charge is 2.27. The first-order valence-electron chi connectivity index (χ1n) is 9.91. The van der Waals surface area contributed by atoms with E-state index in [1.807, 2.05) is 0 Å². The predicted octanol–water partition coefficient (Wildman–Crippen LogP) is 2.43. The Morgan fingerprint density at radius 2 is 1.90 bits per heavy atom. The summed E-state index contributed by atoms with van der Waals surface area (Å²) >= 11 is 1.42. The van der Waals surface area contributed by atoms with Crippen LogP contribution in [0.3, 0.4) is 0 Å². The summed E-state index contributed by atoms with van der Waals surface area (Å²) in [6.07, 6.45) is 0.0506. The summed E-state index contributed by atoms with van der Waals surface area (Å²) in [5.74, 6) is -0.516. The summed E-state index contributed by atoms with van der Waals surface area (Å²) in [5.41, 5.74) is 1.52. The molecule has 1 atom stereocenters. The molecule has 0 radical (unpaired) electrons. The normalized spacial score (nSPS) is 15.6. The van der Waals surface area contributed by atoms with Crippen molar-refractivity contribution in [3.8, 4) is 0 Å². The molecule has 1 N–H and O–H groups in total. The number of carbonyl (C=O) groups excluding carboxylic acids is 1. The number of thiol groups is 1. The lowest BCUT2D eigenvalue weighted by Gasteiger charge is -2.35. The molecule has 1 aliphatic rings. The fourth-order valence-corrected chi connectivity index (χ4v) is 5.59. The minimum atomic E-state index is -2.83. The molecule has 1 amide bonds. The molecule has 10 heteroatoms. The SMILES string of the molecule is O=C(c1ccccc1C(CCO)[SH](=O)=O)N1CCN(c2nc3ccc(F)cc3s2)CC1. The van der Waals surface area contributed by atoms with Crippen LogP contribution in [0.2, 0.25) is 0 Å². The molecular formula is C21H22FN3O4S2. The van der Waals surface area contributed by atoms with Crippen molar-refractivity contribution in [3.05, 3.63) is 59.4 Å². The first-order valence-corrected chi connectivity index (χ1v) is 12.0. The molecule has 3 aromatic rings. The predicted molar refractivity (Wildman–Crippen MR) is 119 cm³/mol. The number of halogens is 1. The Morgan fingerprint density at radius 1 is 1.16 bits per heavy atom. The Morgan fingerprint density at radius 3 is 2.61 bits per heavy atom. The van der Waals surface area contributed by atoms with E-state index in [1.54, 1.807) is 35.2 Å². The number of aliphatic hydroxyl groups excluding tert-OH is 1. The smallest absolute Gasteiger partial charge is 0.254 e. The van der Waals surface area contributed by atoms with Crippen molar-refractivity contribution in [2.45, 2.75) is 11.7 Å². The minimum absolute atomic E-state index is 0.0506. The summed E-state index contributed by atoms with van der Waals surface area (Å²) < 4.78 is 37.6. The molecule has 1 aliphatic heterocycles. The van der Waals surface area contributed by atoms with E-state index in [4.69, 9.17) is 0 Å². The molecule has 1 unspecified atom stereocenters. The summed E-state index contributed by atoms with van der Waals surface area (Å²) in [6.45, 7) is 1.80. The van der Waals surface area contributed by atoms with Gasteiger partial charge in [-0.05, 0) is 36.2 Å². The van der Waals surface area contributed by atoms with Crippen molar-refractivity contribution in [2.24, 2.45) is 0 Å². The maximum absolute atomic E-state index is 13.4. The molecule has 0 bridgehead atoms. The van der Waals surface area contributed by atoms with E-state index >= 15 is 0 Å². The Labute approximate surface area is 184 Å². The molecule has 1 aromatic heterocycles. The third-order valence-corrected chi connectivity index (χ3v) is 7.51. The second kappa shape index (κ2) is 9.29. The fraction of sp³-hybridized carbons (Fsp3) is 0.333. The Kier molecular flexibility index (Phi) is 6.49. The molecule has 2 aromatic carbocycles. The van der Waals surface area contributed by atoms with Crippen LogP contribution in [0, 0.1) is 5.82 Å². The van der Waals surface area contributed by atoms with Crippen LogP contribution in [0.25, 0.3) is 10.2 Å². The van der Waals surface area contributed by atoms with E-state index in [0.717, 1.165) is 15.3 Å². The van der Waals surface area contributed by atoms with Gasteiger partial charge in [0.15, 0.2) is 5.13 Å². The van der Waals surface area contributed by atoms with Crippen LogP contribution in [-0.4, -0.2) is 62.1 Å². The number of aromatic nitrogens is 1. The van der Waals surface area contributed by atoms with E-state index in [0.29, 0.717) is 37.3 Å². The van der Waals surface area contributed by atoms with Crippen molar-refractivity contribution in [1.82, 2.24) is 9.88 Å². The van der Waals surface area contributed by atoms with Crippen molar-refractivity contribution >= 4 is 43.3 Å². The standard InChI is InChI=1S/C21H22FN3O4S2/c22-14-5-6-17-18(13-14)30-21(23-17)25-10-8-24(9-11-25)20(27)16-4-2-1-3-15(16)19(7-12-26)31(28)29/h1-6,13,19,26,31H,7-12H2. The Balaban J connectivity index is 1.49. The molecule has 1 fully saturated rings. The zero-order valence-electron chi connectivity index (χ0n) is 16.6. The van der Waals surface area contributed by atoms with Gasteiger partial charge in [0.05, 0.1) is 15.5 Å². The second-order valence-corrected chi connectivity index (χ2v) is 9.49. The summed E-state index contributed by atoms with van der Waals surface area (Å²) in [7, 11) is -2.83. The number of thiazole rings is 1. The van der Waals surface area contributed by atoms with Gasteiger partial charge in [-0.2, -0.15) is 0 Å². The topological polar surface area (TPSA) is 90.8 Å². The van der Waals surface area contributed by atoms with Gasteiger partial charge >= 0.3 is 0 Å². The van der Waals surface area contributed by atoms with E-state index in [2.05, 4.69) is 9.88 Å². The first-order chi connectivity index (χ1) is 15.0. The maximum atomic E-state index is 13.4. The van der Waals surface area contributed by atoms with E-state index in [-0.39, 0.29) is 24.8 Å². The van der Waals surface area contributed by atoms with Crippen molar-refractivity contribution in [3.63, 3.8) is 0 Å². The van der Waals surface area contributed by atoms with E-state index in [1.165, 1.54) is 23.5 Å². The molecule has 2 heterocycles. The summed E-state index contributed by atoms with van der Waals surface area (Å²) in [5, 5.41) is 9.13. The van der Waals surface area contributed by atoms with Gasteiger partial charge in [-0.3, -0.25) is 4.79 Å². The largest absolute Gasteiger partial charge is 0.396 e. The summed E-state index contributed by atoms with van der Waals surface area (Å²) in [4.78, 5) is 21.5. The number of amides is 1. The molecule has 1 saturated heterocycles. The van der Waals surface area contributed by atoms with Gasteiger partial charge in [-0.25, -0.2) is 17.8 Å². The molecule has 164 valence electrons. The van der Waals surface area contributed by atoms with Crippen molar-refractivity contribution < 1.29 is 22.7 Å². The zero-order valence-corrected chi connectivity index (χ0v) is 18.3. The van der Waals surface area contributed by atoms with Gasteiger partial charge in [0.1, 0.15) is 16.5 Å². The molecule has 7 nitrogen and oxygen atoms in total. The fourth-order valence-electron chi connectivity index (χ4n) is 3.77. The number of benzene rings is 2. The lowest BCUT2D eigenvalue weighted by molar-refractivity contribution is 0.0745. The maximum Gasteiger partial charge on any atom is 0.254 e. The number of aliphatic hydroxyl groups is 1. The quantitative estimate of drug-likeness (QED) is 0.546. The number of hydrogen-bond donors (Lipinski definition) is 2. The molecule has 0 spiro atoms. The van der Waals surface area contributed by atoms with Crippen molar-refractivity contribution in [1.29, 1.82) is 0 Å². The number of fused-ring (bicyclic) bond motifs is 1. The zero-order chi connectivity index (χ0) is 22.0. The van der Waals surface area contributed by atoms with Crippen molar-refractivity contribution in [2.75, 3.05) is 37.7 Å². The lowest BCUT2D eigenvalue weighted by Crippen LogP contribution is -2.49. The van der Waals surface area contributed by atoms with Gasteiger partial charge in [0.25, 0.3) is 5.91 Å². The van der Waals surface area contributed by atoms with Crippen LogP contribution in [0.1, 0.15) is 27.6 Å². The summed E-state index contributed by atoms with van der Waals surface area (Å²) in [6, 6.07) is 11.2. The number of carbonyl (C=O) groups is 1. The van der Waals surface area contributed by atoms with Crippen LogP contribution in [0.4, 0.5) is 9.52 Å². The van der Waals surface area contributed by atoms with Gasteiger partial charge in [-0.15, -0.1) is 0 Å². The minimum Gasteiger partial charge on any atom is -0.396 e. The highest BCUT2D eigenvalue weighted by atomic mass is 32.2. The van der Waals surface area contributed by atoms with Gasteiger partial charge in [-0.1, -0.05) is 29.5 Å². The lowest BCUT2D eigenvalue weighted by atomic mass is 10.0. The van der Waals surface area contributed by atoms with Crippen LogP contribution in [-0.2, 0) is 10.7 Å². The number of piperazine rings is 1. The first kappa shape index (κ1) is 21.7. The van der Waals surface area contributed by atoms with Gasteiger partial charge < -0.3 is 14.9 Å². The number of nitrogens with zero attached hydrogens (tertiary/aromatic N) is 3. The highest BCUT2D eigenvalue weighted by Crippen LogP contribution is 2.30. The Hall–Kier alpha value is -2.56. The molecule has 0 saturated carbocycles. The van der Waals surface area contributed by atoms with Gasteiger partial charge in [0, 0.05) is 38.3 Å². The molecule has 31 heavy (non-hydrogen) atoms.